The van der Waals surface area contributed by atoms with Crippen LogP contribution in [-0.4, -0.2) is 14.2 Å². The lowest BCUT2D eigenvalue weighted by Gasteiger charge is -2.18. The molecule has 0 spiro atoms. The van der Waals surface area contributed by atoms with Crippen molar-refractivity contribution in [3.63, 3.8) is 0 Å². The van der Waals surface area contributed by atoms with E-state index >= 15 is 0 Å². The Hall–Kier alpha value is -0.520. The lowest BCUT2D eigenvalue weighted by molar-refractivity contribution is 0.405. The van der Waals surface area contributed by atoms with Crippen molar-refractivity contribution in [3.05, 3.63) is 56.5 Å². The molecule has 0 N–H and O–H groups in total. The van der Waals surface area contributed by atoms with Gasteiger partial charge in [-0.25, -0.2) is 0 Å². The number of methoxy groups -OCH3 is 2. The summed E-state index contributed by atoms with van der Waals surface area (Å²) in [5.41, 5.74) is 2.09. The van der Waals surface area contributed by atoms with Crippen LogP contribution in [-0.2, 0) is 0 Å². The molecule has 2 rings (SSSR count). The molecule has 0 heterocycles. The minimum Gasteiger partial charge on any atom is -0.496 e. The van der Waals surface area contributed by atoms with E-state index in [2.05, 4.69) is 47.8 Å². The topological polar surface area (TPSA) is 18.5 Å². The number of halogens is 3. The molecule has 0 aromatic heterocycles. The van der Waals surface area contributed by atoms with E-state index in [0.29, 0.717) is 0 Å². The van der Waals surface area contributed by atoms with Gasteiger partial charge in [-0.3, -0.25) is 0 Å². The summed E-state index contributed by atoms with van der Waals surface area (Å²) in [5.74, 6) is 1.66. The van der Waals surface area contributed by atoms with Crippen LogP contribution in [0.1, 0.15) is 16.0 Å². The van der Waals surface area contributed by atoms with Gasteiger partial charge in [0.1, 0.15) is 11.5 Å². The summed E-state index contributed by atoms with van der Waals surface area (Å²) in [6.45, 7) is 0. The molecular weight excluding hydrogens is 452 g/mol. The van der Waals surface area contributed by atoms with Gasteiger partial charge in [-0.2, -0.15) is 0 Å². The van der Waals surface area contributed by atoms with Crippen molar-refractivity contribution in [2.45, 2.75) is 4.83 Å². The number of ether oxygens (including phenoxy) is 2. The Balaban J connectivity index is 2.51. The molecule has 1 atom stereocenters. The maximum atomic E-state index is 5.46. The van der Waals surface area contributed by atoms with Crippen molar-refractivity contribution in [2.75, 3.05) is 14.2 Å². The molecule has 0 fully saturated rings. The third kappa shape index (κ3) is 3.38. The van der Waals surface area contributed by atoms with Crippen LogP contribution >= 0.6 is 47.8 Å². The maximum Gasteiger partial charge on any atom is 0.124 e. The van der Waals surface area contributed by atoms with Crippen LogP contribution in [0.4, 0.5) is 0 Å². The monoisotopic (exact) mass is 462 g/mol. The van der Waals surface area contributed by atoms with Gasteiger partial charge >= 0.3 is 0 Å². The predicted octanol–water partition coefficient (Wildman–Crippen LogP) is 5.71. The SMILES string of the molecule is COc1cc(Br)ccc1C(Br)c1cc(Br)ccc1OC. The molecule has 20 heavy (non-hydrogen) atoms. The fourth-order valence-electron chi connectivity index (χ4n) is 1.97. The van der Waals surface area contributed by atoms with Crippen LogP contribution < -0.4 is 9.47 Å². The number of benzene rings is 2. The molecule has 0 aliphatic heterocycles. The van der Waals surface area contributed by atoms with E-state index in [1.165, 1.54) is 0 Å². The molecule has 2 aromatic rings. The molecule has 0 amide bonds. The van der Waals surface area contributed by atoms with Gasteiger partial charge in [-0.1, -0.05) is 53.9 Å². The summed E-state index contributed by atoms with van der Waals surface area (Å²) in [5, 5.41) is 0. The molecule has 0 radical (unpaired) electrons. The maximum absolute atomic E-state index is 5.46. The summed E-state index contributed by atoms with van der Waals surface area (Å²) >= 11 is 10.7. The Morgan fingerprint density at radius 2 is 1.40 bits per heavy atom. The van der Waals surface area contributed by atoms with Gasteiger partial charge in [0.2, 0.25) is 0 Å². The lowest BCUT2D eigenvalue weighted by Crippen LogP contribution is -2.00. The van der Waals surface area contributed by atoms with E-state index in [0.717, 1.165) is 31.6 Å². The molecule has 2 aromatic carbocycles. The molecule has 0 saturated carbocycles. The van der Waals surface area contributed by atoms with Gasteiger partial charge in [0.25, 0.3) is 0 Å². The molecule has 0 aliphatic rings. The Morgan fingerprint density at radius 3 is 2.05 bits per heavy atom. The summed E-state index contributed by atoms with van der Waals surface area (Å²) in [7, 11) is 3.34. The fraction of sp³-hybridized carbons (Fsp3) is 0.200. The van der Waals surface area contributed by atoms with E-state index in [-0.39, 0.29) is 4.83 Å². The van der Waals surface area contributed by atoms with Crippen LogP contribution in [0, 0.1) is 0 Å². The first kappa shape index (κ1) is 15.9. The number of hydrogen-bond donors (Lipinski definition) is 0. The van der Waals surface area contributed by atoms with Crippen LogP contribution in [0.15, 0.2) is 45.3 Å². The largest absolute Gasteiger partial charge is 0.496 e. The molecule has 0 bridgehead atoms. The molecule has 2 nitrogen and oxygen atoms in total. The molecule has 106 valence electrons. The Morgan fingerprint density at radius 1 is 0.800 bits per heavy atom. The second-order valence-corrected chi connectivity index (χ2v) is 6.88. The van der Waals surface area contributed by atoms with E-state index in [9.17, 15) is 0 Å². The van der Waals surface area contributed by atoms with Gasteiger partial charge < -0.3 is 9.47 Å². The van der Waals surface area contributed by atoms with E-state index in [4.69, 9.17) is 9.47 Å². The predicted molar refractivity (Wildman–Crippen MR) is 92.2 cm³/mol. The first-order chi connectivity index (χ1) is 9.56. The first-order valence-corrected chi connectivity index (χ1v) is 8.38. The quantitative estimate of drug-likeness (QED) is 0.539. The lowest BCUT2D eigenvalue weighted by atomic mass is 10.0. The number of alkyl halides is 1. The van der Waals surface area contributed by atoms with Gasteiger partial charge in [0.15, 0.2) is 0 Å². The van der Waals surface area contributed by atoms with Crippen LogP contribution in [0.25, 0.3) is 0 Å². The van der Waals surface area contributed by atoms with Crippen molar-refractivity contribution < 1.29 is 9.47 Å². The second kappa shape index (κ2) is 6.96. The van der Waals surface area contributed by atoms with E-state index < -0.39 is 0 Å². The van der Waals surface area contributed by atoms with Gasteiger partial charge in [-0.05, 0) is 30.3 Å². The van der Waals surface area contributed by atoms with E-state index in [1.54, 1.807) is 14.2 Å². The zero-order valence-electron chi connectivity index (χ0n) is 11.0. The zero-order chi connectivity index (χ0) is 14.7. The van der Waals surface area contributed by atoms with Crippen molar-refractivity contribution >= 4 is 47.8 Å². The summed E-state index contributed by atoms with van der Waals surface area (Å²) in [6, 6.07) is 11.9. The fourth-order valence-corrected chi connectivity index (χ4v) is 3.42. The second-order valence-electron chi connectivity index (χ2n) is 4.14. The molecule has 0 saturated heterocycles. The van der Waals surface area contributed by atoms with Crippen molar-refractivity contribution in [1.82, 2.24) is 0 Å². The number of hydrogen-bond acceptors (Lipinski definition) is 2. The molecule has 5 heteroatoms. The van der Waals surface area contributed by atoms with Gasteiger partial charge in [0.05, 0.1) is 19.0 Å². The Kier molecular flexibility index (Phi) is 5.52. The average Bonchev–Trinajstić information content (AvgIpc) is 2.46. The highest BCUT2D eigenvalue weighted by Gasteiger charge is 2.19. The minimum absolute atomic E-state index is 0.0157. The van der Waals surface area contributed by atoms with Gasteiger partial charge in [-0.15, -0.1) is 0 Å². The zero-order valence-corrected chi connectivity index (χ0v) is 15.7. The van der Waals surface area contributed by atoms with E-state index in [1.807, 2.05) is 36.4 Å². The molecule has 0 aliphatic carbocycles. The van der Waals surface area contributed by atoms with Crippen LogP contribution in [0.5, 0.6) is 11.5 Å². The third-order valence-electron chi connectivity index (χ3n) is 2.93. The van der Waals surface area contributed by atoms with Crippen molar-refractivity contribution in [3.8, 4) is 11.5 Å². The Bertz CT molecular complexity index is 614. The smallest absolute Gasteiger partial charge is 0.124 e. The third-order valence-corrected chi connectivity index (χ3v) is 4.91. The van der Waals surface area contributed by atoms with Crippen molar-refractivity contribution in [2.24, 2.45) is 0 Å². The van der Waals surface area contributed by atoms with Crippen LogP contribution in [0.3, 0.4) is 0 Å². The Labute approximate surface area is 143 Å². The van der Waals surface area contributed by atoms with Crippen LogP contribution in [0.2, 0.25) is 0 Å². The number of rotatable bonds is 4. The summed E-state index contributed by atoms with van der Waals surface area (Å²) < 4.78 is 12.9. The molecular formula is C15H13Br3O2. The minimum atomic E-state index is -0.0157. The standard InChI is InChI=1S/C15H13Br3O2/c1-19-13-6-4-9(16)7-12(13)15(18)11-5-3-10(17)8-14(11)20-2/h3-8,15H,1-2H3. The molecule has 1 unspecified atom stereocenters. The average molecular weight is 465 g/mol. The summed E-state index contributed by atoms with van der Waals surface area (Å²) in [6.07, 6.45) is 0. The highest BCUT2D eigenvalue weighted by molar-refractivity contribution is 9.10. The van der Waals surface area contributed by atoms with Crippen molar-refractivity contribution in [1.29, 1.82) is 0 Å². The normalized spacial score (nSPS) is 12.1. The summed E-state index contributed by atoms with van der Waals surface area (Å²) in [4.78, 5) is -0.0157. The highest BCUT2D eigenvalue weighted by atomic mass is 79.9. The highest BCUT2D eigenvalue weighted by Crippen LogP contribution is 2.42. The van der Waals surface area contributed by atoms with Gasteiger partial charge in [0, 0.05) is 20.1 Å². The first-order valence-electron chi connectivity index (χ1n) is 5.87.